The fourth-order valence-corrected chi connectivity index (χ4v) is 2.48. The zero-order valence-electron chi connectivity index (χ0n) is 11.0. The maximum Gasteiger partial charge on any atom is 0.132 e. The zero-order valence-corrected chi connectivity index (χ0v) is 11.7. The molecule has 0 bridgehead atoms. The second-order valence-electron chi connectivity index (χ2n) is 4.53. The van der Waals surface area contributed by atoms with Gasteiger partial charge in [0, 0.05) is 31.8 Å². The SMILES string of the molecule is Cc1cc(CC(O)c2c(C)nn(C)c2Cl)n(C)n1. The Morgan fingerprint density at radius 3 is 2.39 bits per heavy atom. The topological polar surface area (TPSA) is 55.9 Å². The van der Waals surface area contributed by atoms with Gasteiger partial charge in [0.15, 0.2) is 0 Å². The van der Waals surface area contributed by atoms with Crippen LogP contribution in [0, 0.1) is 13.8 Å². The van der Waals surface area contributed by atoms with E-state index in [-0.39, 0.29) is 0 Å². The minimum atomic E-state index is -0.666. The Hall–Kier alpha value is -1.33. The highest BCUT2D eigenvalue weighted by atomic mass is 35.5. The molecule has 0 aliphatic rings. The number of rotatable bonds is 3. The Kier molecular flexibility index (Phi) is 3.45. The van der Waals surface area contributed by atoms with Gasteiger partial charge in [-0.1, -0.05) is 11.6 Å². The molecule has 98 valence electrons. The molecule has 0 aromatic carbocycles. The number of hydrogen-bond acceptors (Lipinski definition) is 3. The molecule has 0 aliphatic heterocycles. The molecule has 0 aliphatic carbocycles. The molecule has 0 fully saturated rings. The van der Waals surface area contributed by atoms with Crippen molar-refractivity contribution in [1.29, 1.82) is 0 Å². The molecule has 1 N–H and O–H groups in total. The summed E-state index contributed by atoms with van der Waals surface area (Å²) in [5, 5.41) is 19.3. The quantitative estimate of drug-likeness (QED) is 0.922. The van der Waals surface area contributed by atoms with Crippen LogP contribution in [0.25, 0.3) is 0 Å². The van der Waals surface area contributed by atoms with Crippen LogP contribution in [0.3, 0.4) is 0 Å². The lowest BCUT2D eigenvalue weighted by Gasteiger charge is -2.10. The largest absolute Gasteiger partial charge is 0.388 e. The van der Waals surface area contributed by atoms with Crippen molar-refractivity contribution in [2.75, 3.05) is 0 Å². The van der Waals surface area contributed by atoms with Crippen LogP contribution in [0.15, 0.2) is 6.07 Å². The first-order valence-electron chi connectivity index (χ1n) is 5.76. The van der Waals surface area contributed by atoms with E-state index in [4.69, 9.17) is 11.6 Å². The van der Waals surface area contributed by atoms with E-state index in [1.807, 2.05) is 27.0 Å². The van der Waals surface area contributed by atoms with Gasteiger partial charge >= 0.3 is 0 Å². The van der Waals surface area contributed by atoms with E-state index in [9.17, 15) is 5.11 Å². The van der Waals surface area contributed by atoms with Gasteiger partial charge in [-0.15, -0.1) is 0 Å². The fraction of sp³-hybridized carbons (Fsp3) is 0.500. The molecule has 0 spiro atoms. The summed E-state index contributed by atoms with van der Waals surface area (Å²) in [5.74, 6) is 0. The van der Waals surface area contributed by atoms with Gasteiger partial charge < -0.3 is 5.11 Å². The molecule has 6 heteroatoms. The van der Waals surface area contributed by atoms with Crippen LogP contribution in [-0.4, -0.2) is 24.7 Å². The first kappa shape index (κ1) is 13.1. The second kappa shape index (κ2) is 4.74. The van der Waals surface area contributed by atoms with Crippen molar-refractivity contribution < 1.29 is 5.11 Å². The van der Waals surface area contributed by atoms with E-state index in [0.717, 1.165) is 17.1 Å². The Morgan fingerprint density at radius 1 is 1.28 bits per heavy atom. The smallest absolute Gasteiger partial charge is 0.132 e. The summed E-state index contributed by atoms with van der Waals surface area (Å²) in [6.45, 7) is 3.77. The molecule has 2 heterocycles. The van der Waals surface area contributed by atoms with E-state index < -0.39 is 6.10 Å². The van der Waals surface area contributed by atoms with Gasteiger partial charge in [-0.2, -0.15) is 10.2 Å². The van der Waals surface area contributed by atoms with Crippen LogP contribution in [0.1, 0.15) is 28.7 Å². The van der Waals surface area contributed by atoms with Gasteiger partial charge in [0.05, 0.1) is 17.5 Å². The predicted octanol–water partition coefficient (Wildman–Crippen LogP) is 1.70. The van der Waals surface area contributed by atoms with Crippen LogP contribution >= 0.6 is 11.6 Å². The molecule has 2 aromatic heterocycles. The average molecular weight is 269 g/mol. The third-order valence-electron chi connectivity index (χ3n) is 3.03. The summed E-state index contributed by atoms with van der Waals surface area (Å²) in [5.41, 5.74) is 3.36. The molecule has 2 aromatic rings. The minimum absolute atomic E-state index is 0.476. The summed E-state index contributed by atoms with van der Waals surface area (Å²) in [4.78, 5) is 0. The molecule has 0 saturated heterocycles. The number of aliphatic hydroxyl groups is 1. The number of nitrogens with zero attached hydrogens (tertiary/aromatic N) is 4. The number of aliphatic hydroxyl groups excluding tert-OH is 1. The van der Waals surface area contributed by atoms with E-state index in [1.165, 1.54) is 0 Å². The third kappa shape index (κ3) is 2.28. The number of aryl methyl sites for hydroxylation is 4. The summed E-state index contributed by atoms with van der Waals surface area (Å²) in [6.07, 6.45) is -0.190. The molecule has 0 radical (unpaired) electrons. The molecule has 0 saturated carbocycles. The van der Waals surface area contributed by atoms with E-state index in [2.05, 4.69) is 10.2 Å². The summed E-state index contributed by atoms with van der Waals surface area (Å²) in [6, 6.07) is 1.96. The van der Waals surface area contributed by atoms with Gasteiger partial charge in [-0.05, 0) is 19.9 Å². The van der Waals surface area contributed by atoms with Crippen LogP contribution in [0.4, 0.5) is 0 Å². The minimum Gasteiger partial charge on any atom is -0.388 e. The molecular weight excluding hydrogens is 252 g/mol. The van der Waals surface area contributed by atoms with Gasteiger partial charge in [0.1, 0.15) is 5.15 Å². The van der Waals surface area contributed by atoms with Crippen molar-refractivity contribution >= 4 is 11.6 Å². The molecule has 2 rings (SSSR count). The van der Waals surface area contributed by atoms with E-state index >= 15 is 0 Å². The fourth-order valence-electron chi connectivity index (χ4n) is 2.18. The van der Waals surface area contributed by atoms with Crippen LogP contribution in [0.5, 0.6) is 0 Å². The Balaban J connectivity index is 2.27. The van der Waals surface area contributed by atoms with Crippen molar-refractivity contribution in [3.63, 3.8) is 0 Å². The average Bonchev–Trinajstić information content (AvgIpc) is 2.69. The first-order valence-corrected chi connectivity index (χ1v) is 6.14. The summed E-state index contributed by atoms with van der Waals surface area (Å²) in [7, 11) is 3.63. The Bertz CT molecular complexity index is 573. The van der Waals surface area contributed by atoms with Crippen LogP contribution in [0.2, 0.25) is 5.15 Å². The highest BCUT2D eigenvalue weighted by Crippen LogP contribution is 2.28. The highest BCUT2D eigenvalue weighted by molar-refractivity contribution is 6.30. The van der Waals surface area contributed by atoms with Gasteiger partial charge in [0.2, 0.25) is 0 Å². The maximum atomic E-state index is 10.3. The molecule has 1 unspecified atom stereocenters. The predicted molar refractivity (Wildman–Crippen MR) is 69.6 cm³/mol. The molecule has 5 nitrogen and oxygen atoms in total. The van der Waals surface area contributed by atoms with Crippen molar-refractivity contribution in [3.8, 4) is 0 Å². The Labute approximate surface area is 111 Å². The molecule has 1 atom stereocenters. The lowest BCUT2D eigenvalue weighted by atomic mass is 10.1. The lowest BCUT2D eigenvalue weighted by molar-refractivity contribution is 0.175. The number of hydrogen-bond donors (Lipinski definition) is 1. The van der Waals surface area contributed by atoms with Crippen LogP contribution < -0.4 is 0 Å². The molecule has 0 amide bonds. The highest BCUT2D eigenvalue weighted by Gasteiger charge is 2.20. The van der Waals surface area contributed by atoms with Crippen molar-refractivity contribution in [3.05, 3.63) is 33.9 Å². The standard InChI is InChI=1S/C12H17ClN4O/c1-7-5-9(16(3)14-7)6-10(18)11-8(2)15-17(4)12(11)13/h5,10,18H,6H2,1-4H3. The van der Waals surface area contributed by atoms with Crippen molar-refractivity contribution in [1.82, 2.24) is 19.6 Å². The lowest BCUT2D eigenvalue weighted by Crippen LogP contribution is -2.07. The van der Waals surface area contributed by atoms with Gasteiger partial charge in [-0.25, -0.2) is 0 Å². The maximum absolute atomic E-state index is 10.3. The second-order valence-corrected chi connectivity index (χ2v) is 4.89. The van der Waals surface area contributed by atoms with Crippen molar-refractivity contribution in [2.45, 2.75) is 26.4 Å². The zero-order chi connectivity index (χ0) is 13.4. The number of aromatic nitrogens is 4. The third-order valence-corrected chi connectivity index (χ3v) is 3.48. The molecular formula is C12H17ClN4O. The first-order chi connectivity index (χ1) is 8.40. The number of halogens is 1. The monoisotopic (exact) mass is 268 g/mol. The van der Waals surface area contributed by atoms with Gasteiger partial charge in [-0.3, -0.25) is 9.36 Å². The van der Waals surface area contributed by atoms with Crippen LogP contribution in [-0.2, 0) is 20.5 Å². The summed E-state index contributed by atoms with van der Waals surface area (Å²) < 4.78 is 3.35. The van der Waals surface area contributed by atoms with Gasteiger partial charge in [0.25, 0.3) is 0 Å². The van der Waals surface area contributed by atoms with E-state index in [0.29, 0.717) is 17.1 Å². The molecule has 18 heavy (non-hydrogen) atoms. The normalized spacial score (nSPS) is 13.0. The van der Waals surface area contributed by atoms with E-state index in [1.54, 1.807) is 16.4 Å². The summed E-state index contributed by atoms with van der Waals surface area (Å²) >= 11 is 6.14. The van der Waals surface area contributed by atoms with Crippen molar-refractivity contribution in [2.24, 2.45) is 14.1 Å². The Morgan fingerprint density at radius 2 is 1.94 bits per heavy atom.